The number of halogens is 3. The van der Waals surface area contributed by atoms with Crippen LogP contribution in [0.3, 0.4) is 0 Å². The van der Waals surface area contributed by atoms with Crippen LogP contribution in [0.1, 0.15) is 18.5 Å². The molecule has 0 heterocycles. The third kappa shape index (κ3) is 2.21. The first-order valence-electron chi connectivity index (χ1n) is 3.78. The van der Waals surface area contributed by atoms with E-state index in [0.29, 0.717) is 4.47 Å². The van der Waals surface area contributed by atoms with Crippen molar-refractivity contribution in [3.63, 3.8) is 0 Å². The van der Waals surface area contributed by atoms with Gasteiger partial charge in [-0.25, -0.2) is 9.18 Å². The Morgan fingerprint density at radius 1 is 1.64 bits per heavy atom. The summed E-state index contributed by atoms with van der Waals surface area (Å²) < 4.78 is 14.0. The van der Waals surface area contributed by atoms with Crippen LogP contribution in [-0.2, 0) is 4.79 Å². The van der Waals surface area contributed by atoms with Gasteiger partial charge >= 0.3 is 0 Å². The zero-order chi connectivity index (χ0) is 10.7. The molecule has 0 radical (unpaired) electrons. The highest BCUT2D eigenvalue weighted by Crippen LogP contribution is 2.31. The molecule has 0 aliphatic heterocycles. The first-order chi connectivity index (χ1) is 6.57. The summed E-state index contributed by atoms with van der Waals surface area (Å²) in [6.07, 6.45) is 1.38. The number of nitrogens with zero attached hydrogens (tertiary/aromatic N) is 1. The van der Waals surface area contributed by atoms with E-state index < -0.39 is 11.9 Å². The fourth-order valence-corrected chi connectivity index (χ4v) is 1.87. The van der Waals surface area contributed by atoms with Gasteiger partial charge in [-0.2, -0.15) is 4.99 Å². The molecule has 0 saturated heterocycles. The molecule has 2 nitrogen and oxygen atoms in total. The molecule has 1 unspecified atom stereocenters. The van der Waals surface area contributed by atoms with E-state index in [1.54, 1.807) is 13.0 Å². The smallest absolute Gasteiger partial charge is 0.211 e. The predicted molar refractivity (Wildman–Crippen MR) is 55.6 cm³/mol. The minimum Gasteiger partial charge on any atom is -0.211 e. The summed E-state index contributed by atoms with van der Waals surface area (Å²) in [6, 6.07) is 2.44. The zero-order valence-corrected chi connectivity index (χ0v) is 9.56. The maximum Gasteiger partial charge on any atom is 0.235 e. The minimum atomic E-state index is -0.597. The molecular weight excluding hydrogens is 272 g/mol. The predicted octanol–water partition coefficient (Wildman–Crippen LogP) is 3.64. The fourth-order valence-electron chi connectivity index (χ4n) is 1.07. The van der Waals surface area contributed by atoms with Crippen molar-refractivity contribution in [1.29, 1.82) is 0 Å². The third-order valence-electron chi connectivity index (χ3n) is 1.74. The van der Waals surface area contributed by atoms with Crippen LogP contribution in [0.25, 0.3) is 0 Å². The summed E-state index contributed by atoms with van der Waals surface area (Å²) in [5.74, 6) is -0.562. The Hall–Kier alpha value is -0.700. The Labute approximate surface area is 93.9 Å². The van der Waals surface area contributed by atoms with E-state index in [2.05, 4.69) is 20.9 Å². The summed E-state index contributed by atoms with van der Waals surface area (Å²) in [7, 11) is 0. The molecule has 0 spiro atoms. The van der Waals surface area contributed by atoms with E-state index in [-0.39, 0.29) is 10.6 Å². The van der Waals surface area contributed by atoms with Crippen LogP contribution in [0.2, 0.25) is 5.02 Å². The lowest BCUT2D eigenvalue weighted by molar-refractivity contribution is 0.555. The summed E-state index contributed by atoms with van der Waals surface area (Å²) in [5, 5.41) is 0.0103. The summed E-state index contributed by atoms with van der Waals surface area (Å²) in [4.78, 5) is 13.5. The number of benzene rings is 1. The highest BCUT2D eigenvalue weighted by Gasteiger charge is 2.16. The highest BCUT2D eigenvalue weighted by atomic mass is 79.9. The van der Waals surface area contributed by atoms with Crippen molar-refractivity contribution in [2.45, 2.75) is 13.0 Å². The first-order valence-corrected chi connectivity index (χ1v) is 4.95. The van der Waals surface area contributed by atoms with E-state index in [1.807, 2.05) is 0 Å². The quantitative estimate of drug-likeness (QED) is 0.461. The van der Waals surface area contributed by atoms with Crippen molar-refractivity contribution in [2.75, 3.05) is 0 Å². The maximum atomic E-state index is 13.5. The standard InChI is InChI=1S/C9H6BrClFNO/c1-5(13-4-14)8-6(10)2-3-7(11)9(8)12/h2-3,5H,1H3. The van der Waals surface area contributed by atoms with Crippen molar-refractivity contribution in [3.8, 4) is 0 Å². The zero-order valence-electron chi connectivity index (χ0n) is 7.22. The summed E-state index contributed by atoms with van der Waals surface area (Å²) in [5.41, 5.74) is 0.265. The van der Waals surface area contributed by atoms with E-state index >= 15 is 0 Å². The molecule has 0 aromatic heterocycles. The molecule has 0 saturated carbocycles. The molecule has 1 atom stereocenters. The topological polar surface area (TPSA) is 29.4 Å². The van der Waals surface area contributed by atoms with Gasteiger partial charge in [-0.05, 0) is 19.1 Å². The van der Waals surface area contributed by atoms with Crippen LogP contribution in [0, 0.1) is 5.82 Å². The molecule has 0 bridgehead atoms. The first kappa shape index (κ1) is 11.4. The molecule has 1 aromatic carbocycles. The van der Waals surface area contributed by atoms with E-state index in [9.17, 15) is 9.18 Å². The second kappa shape index (κ2) is 4.69. The molecular formula is C9H6BrClFNO. The van der Waals surface area contributed by atoms with Gasteiger partial charge in [-0.3, -0.25) is 0 Å². The van der Waals surface area contributed by atoms with Gasteiger partial charge in [0.25, 0.3) is 0 Å². The summed E-state index contributed by atoms with van der Waals surface area (Å²) in [6.45, 7) is 1.59. The van der Waals surface area contributed by atoms with Crippen molar-refractivity contribution in [1.82, 2.24) is 0 Å². The van der Waals surface area contributed by atoms with Gasteiger partial charge in [0.15, 0.2) is 0 Å². The monoisotopic (exact) mass is 277 g/mol. The summed E-state index contributed by atoms with van der Waals surface area (Å²) >= 11 is 8.76. The molecule has 0 fully saturated rings. The van der Waals surface area contributed by atoms with Gasteiger partial charge in [-0.1, -0.05) is 27.5 Å². The molecule has 5 heteroatoms. The molecule has 74 valence electrons. The van der Waals surface area contributed by atoms with Crippen LogP contribution in [0.4, 0.5) is 4.39 Å². The second-order valence-corrected chi connectivity index (χ2v) is 3.91. The average Bonchev–Trinajstić information content (AvgIpc) is 2.13. The largest absolute Gasteiger partial charge is 0.235 e. The Balaban J connectivity index is 3.31. The Kier molecular flexibility index (Phi) is 3.81. The second-order valence-electron chi connectivity index (χ2n) is 2.65. The Bertz CT molecular complexity index is 404. The van der Waals surface area contributed by atoms with E-state index in [4.69, 9.17) is 11.6 Å². The molecule has 0 N–H and O–H groups in total. The Morgan fingerprint density at radius 2 is 2.29 bits per heavy atom. The highest BCUT2D eigenvalue weighted by molar-refractivity contribution is 9.10. The van der Waals surface area contributed by atoms with Crippen molar-refractivity contribution in [2.24, 2.45) is 4.99 Å². The van der Waals surface area contributed by atoms with Crippen LogP contribution < -0.4 is 0 Å². The lowest BCUT2D eigenvalue weighted by atomic mass is 10.1. The molecule has 14 heavy (non-hydrogen) atoms. The number of hydrogen-bond acceptors (Lipinski definition) is 2. The minimum absolute atomic E-state index is 0.0103. The van der Waals surface area contributed by atoms with Gasteiger partial charge in [0, 0.05) is 10.0 Å². The van der Waals surface area contributed by atoms with E-state index in [0.717, 1.165) is 0 Å². The SMILES string of the molecule is CC(N=C=O)c1c(Br)ccc(Cl)c1F. The van der Waals surface area contributed by atoms with Gasteiger partial charge in [-0.15, -0.1) is 0 Å². The molecule has 0 aliphatic rings. The van der Waals surface area contributed by atoms with Gasteiger partial charge in [0.05, 0.1) is 11.1 Å². The maximum absolute atomic E-state index is 13.5. The number of hydrogen-bond donors (Lipinski definition) is 0. The number of rotatable bonds is 2. The van der Waals surface area contributed by atoms with Crippen LogP contribution >= 0.6 is 27.5 Å². The van der Waals surface area contributed by atoms with E-state index in [1.165, 1.54) is 12.1 Å². The lowest BCUT2D eigenvalue weighted by Gasteiger charge is -2.09. The number of aliphatic imine (C=N–C) groups is 1. The molecule has 0 aliphatic carbocycles. The van der Waals surface area contributed by atoms with Gasteiger partial charge in [0.1, 0.15) is 5.82 Å². The van der Waals surface area contributed by atoms with Crippen LogP contribution in [0.5, 0.6) is 0 Å². The molecule has 0 amide bonds. The van der Waals surface area contributed by atoms with Crippen LogP contribution in [0.15, 0.2) is 21.6 Å². The lowest BCUT2D eigenvalue weighted by Crippen LogP contribution is -1.96. The van der Waals surface area contributed by atoms with Crippen molar-refractivity contribution >= 4 is 33.6 Å². The molecule has 1 rings (SSSR count). The van der Waals surface area contributed by atoms with Gasteiger partial charge < -0.3 is 0 Å². The van der Waals surface area contributed by atoms with Crippen molar-refractivity contribution in [3.05, 3.63) is 33.0 Å². The number of isocyanates is 1. The fraction of sp³-hybridized carbons (Fsp3) is 0.222. The van der Waals surface area contributed by atoms with Crippen molar-refractivity contribution < 1.29 is 9.18 Å². The Morgan fingerprint density at radius 3 is 2.86 bits per heavy atom. The number of carbonyl (C=O) groups excluding carboxylic acids is 1. The normalized spacial score (nSPS) is 12.0. The van der Waals surface area contributed by atoms with Crippen LogP contribution in [-0.4, -0.2) is 6.08 Å². The average molecular weight is 279 g/mol. The molecule has 1 aromatic rings. The van der Waals surface area contributed by atoms with Gasteiger partial charge in [0.2, 0.25) is 6.08 Å². The third-order valence-corrected chi connectivity index (χ3v) is 2.73.